The fraction of sp³-hybridized carbons (Fsp3) is 0.529. The Morgan fingerprint density at radius 1 is 1.27 bits per heavy atom. The van der Waals surface area contributed by atoms with Gasteiger partial charge in [-0.3, -0.25) is 14.6 Å². The second-order valence-electron chi connectivity index (χ2n) is 6.43. The minimum atomic E-state index is -0.243. The first-order valence-electron chi connectivity index (χ1n) is 8.16. The Morgan fingerprint density at radius 2 is 2.09 bits per heavy atom. The fourth-order valence-electron chi connectivity index (χ4n) is 3.73. The molecule has 5 nitrogen and oxygen atoms in total. The maximum Gasteiger partial charge on any atom is 0.324 e. The average Bonchev–Trinajstić information content (AvgIpc) is 3.14. The smallest absolute Gasteiger partial charge is 0.324 e. The molecule has 0 aromatic heterocycles. The first-order chi connectivity index (χ1) is 10.7. The molecule has 116 valence electrons. The number of hydrogen-bond acceptors (Lipinski definition) is 3. The largest absolute Gasteiger partial charge is 0.336 e. The summed E-state index contributed by atoms with van der Waals surface area (Å²) in [5, 5.41) is 2.70. The molecule has 3 amide bonds. The van der Waals surface area contributed by atoms with E-state index in [-0.39, 0.29) is 11.9 Å². The average molecular weight is 299 g/mol. The van der Waals surface area contributed by atoms with Crippen LogP contribution in [0.25, 0.3) is 0 Å². The first-order valence-corrected chi connectivity index (χ1v) is 8.16. The van der Waals surface area contributed by atoms with Gasteiger partial charge in [0.25, 0.3) is 0 Å². The summed E-state index contributed by atoms with van der Waals surface area (Å²) < 4.78 is 0. The van der Waals surface area contributed by atoms with Gasteiger partial charge in [0.1, 0.15) is 0 Å². The van der Waals surface area contributed by atoms with Crippen LogP contribution in [0.3, 0.4) is 0 Å². The van der Waals surface area contributed by atoms with Crippen molar-refractivity contribution in [2.24, 2.45) is 0 Å². The van der Waals surface area contributed by atoms with Crippen LogP contribution in [0.4, 0.5) is 4.79 Å². The van der Waals surface area contributed by atoms with Crippen molar-refractivity contribution < 1.29 is 9.59 Å². The lowest BCUT2D eigenvalue weighted by Gasteiger charge is -2.30. The van der Waals surface area contributed by atoms with Crippen LogP contribution in [0.15, 0.2) is 24.3 Å². The third-order valence-corrected chi connectivity index (χ3v) is 4.99. The van der Waals surface area contributed by atoms with E-state index in [4.69, 9.17) is 0 Å². The van der Waals surface area contributed by atoms with Gasteiger partial charge in [0.2, 0.25) is 5.91 Å². The number of nitrogens with one attached hydrogen (secondary N) is 1. The lowest BCUT2D eigenvalue weighted by molar-refractivity contribution is -0.129. The number of rotatable bonds is 4. The summed E-state index contributed by atoms with van der Waals surface area (Å²) in [6.07, 6.45) is 4.49. The van der Waals surface area contributed by atoms with Gasteiger partial charge >= 0.3 is 6.03 Å². The van der Waals surface area contributed by atoms with Gasteiger partial charge in [-0.15, -0.1) is 0 Å². The number of aryl methyl sites for hydroxylation is 1. The molecule has 1 aromatic carbocycles. The number of benzene rings is 1. The van der Waals surface area contributed by atoms with Crippen LogP contribution in [0.2, 0.25) is 0 Å². The molecule has 1 aromatic rings. The summed E-state index contributed by atoms with van der Waals surface area (Å²) in [5.74, 6) is -0.0636. The summed E-state index contributed by atoms with van der Waals surface area (Å²) in [6.45, 7) is 1.43. The third-order valence-electron chi connectivity index (χ3n) is 4.99. The Balaban J connectivity index is 1.53. The quantitative estimate of drug-likeness (QED) is 0.920. The van der Waals surface area contributed by atoms with Gasteiger partial charge in [0.05, 0.1) is 6.54 Å². The number of carbonyl (C=O) groups excluding carboxylic acids is 2. The highest BCUT2D eigenvalue weighted by molar-refractivity contribution is 5.96. The zero-order valence-electron chi connectivity index (χ0n) is 12.6. The Bertz CT molecular complexity index is 612. The number of fused-ring (bicyclic) bond motifs is 1. The predicted molar refractivity (Wildman–Crippen MR) is 82.3 cm³/mol. The normalized spacial score (nSPS) is 23.8. The van der Waals surface area contributed by atoms with E-state index >= 15 is 0 Å². The maximum absolute atomic E-state index is 12.5. The summed E-state index contributed by atoms with van der Waals surface area (Å²) in [4.78, 5) is 27.9. The molecule has 3 aliphatic rings. The van der Waals surface area contributed by atoms with Crippen molar-refractivity contribution in [3.8, 4) is 0 Å². The zero-order chi connectivity index (χ0) is 15.1. The van der Waals surface area contributed by atoms with E-state index in [1.54, 1.807) is 0 Å². The summed E-state index contributed by atoms with van der Waals surface area (Å²) in [6, 6.07) is 9.14. The molecule has 2 aliphatic carbocycles. The van der Waals surface area contributed by atoms with Crippen LogP contribution in [-0.4, -0.2) is 47.4 Å². The van der Waals surface area contributed by atoms with Gasteiger partial charge in [-0.2, -0.15) is 0 Å². The van der Waals surface area contributed by atoms with Crippen LogP contribution in [0.1, 0.15) is 36.4 Å². The molecule has 1 aliphatic heterocycles. The molecule has 1 N–H and O–H groups in total. The van der Waals surface area contributed by atoms with Crippen LogP contribution in [0.5, 0.6) is 0 Å². The van der Waals surface area contributed by atoms with Gasteiger partial charge in [0.15, 0.2) is 0 Å². The molecule has 5 heteroatoms. The van der Waals surface area contributed by atoms with Gasteiger partial charge in [0, 0.05) is 25.2 Å². The van der Waals surface area contributed by atoms with Crippen molar-refractivity contribution in [2.45, 2.75) is 37.8 Å². The van der Waals surface area contributed by atoms with Crippen molar-refractivity contribution >= 4 is 11.9 Å². The summed E-state index contributed by atoms with van der Waals surface area (Å²) in [7, 11) is 0. The number of urea groups is 1. The lowest BCUT2D eigenvalue weighted by atomic mass is 10.1. The van der Waals surface area contributed by atoms with Gasteiger partial charge in [-0.05, 0) is 36.8 Å². The molecule has 0 bridgehead atoms. The highest BCUT2D eigenvalue weighted by Gasteiger charge is 2.39. The van der Waals surface area contributed by atoms with E-state index in [2.05, 4.69) is 34.5 Å². The fourth-order valence-corrected chi connectivity index (χ4v) is 3.73. The Hall–Kier alpha value is -1.88. The van der Waals surface area contributed by atoms with Gasteiger partial charge in [-0.1, -0.05) is 24.3 Å². The first kappa shape index (κ1) is 13.8. The van der Waals surface area contributed by atoms with Gasteiger partial charge < -0.3 is 5.32 Å². The van der Waals surface area contributed by atoms with Crippen LogP contribution >= 0.6 is 0 Å². The predicted octanol–water partition coefficient (Wildman–Crippen LogP) is 1.69. The molecular weight excluding hydrogens is 278 g/mol. The van der Waals surface area contributed by atoms with E-state index in [0.717, 1.165) is 25.7 Å². The topological polar surface area (TPSA) is 52.7 Å². The van der Waals surface area contributed by atoms with Gasteiger partial charge in [-0.25, -0.2) is 4.79 Å². The molecular formula is C17H21N3O2. The third kappa shape index (κ3) is 2.39. The molecule has 1 atom stereocenters. The molecule has 0 spiro atoms. The highest BCUT2D eigenvalue weighted by atomic mass is 16.2. The summed E-state index contributed by atoms with van der Waals surface area (Å²) in [5.41, 5.74) is 2.78. The van der Waals surface area contributed by atoms with Crippen LogP contribution < -0.4 is 5.32 Å². The zero-order valence-corrected chi connectivity index (χ0v) is 12.6. The monoisotopic (exact) mass is 299 g/mol. The Labute approximate surface area is 130 Å². The van der Waals surface area contributed by atoms with E-state index in [0.29, 0.717) is 31.7 Å². The van der Waals surface area contributed by atoms with E-state index < -0.39 is 0 Å². The second-order valence-corrected chi connectivity index (χ2v) is 6.43. The SMILES string of the molecule is O=C(CN(C1CC1)C1CCc2ccccc21)N1CCNC1=O. The van der Waals surface area contributed by atoms with Crippen molar-refractivity contribution in [3.63, 3.8) is 0 Å². The van der Waals surface area contributed by atoms with E-state index in [1.165, 1.54) is 16.0 Å². The number of nitrogens with zero attached hydrogens (tertiary/aromatic N) is 2. The number of imide groups is 1. The van der Waals surface area contributed by atoms with E-state index in [1.807, 2.05) is 0 Å². The number of amides is 3. The Morgan fingerprint density at radius 3 is 2.82 bits per heavy atom. The Kier molecular flexibility index (Phi) is 3.37. The van der Waals surface area contributed by atoms with E-state index in [9.17, 15) is 9.59 Å². The number of hydrogen-bond donors (Lipinski definition) is 1. The van der Waals surface area contributed by atoms with Crippen molar-refractivity contribution in [2.75, 3.05) is 19.6 Å². The maximum atomic E-state index is 12.5. The van der Waals surface area contributed by atoms with Crippen molar-refractivity contribution in [1.82, 2.24) is 15.1 Å². The highest BCUT2D eigenvalue weighted by Crippen LogP contribution is 2.41. The van der Waals surface area contributed by atoms with Crippen LogP contribution in [0, 0.1) is 0 Å². The van der Waals surface area contributed by atoms with Crippen molar-refractivity contribution in [3.05, 3.63) is 35.4 Å². The molecule has 22 heavy (non-hydrogen) atoms. The molecule has 1 heterocycles. The molecule has 0 radical (unpaired) electrons. The van der Waals surface area contributed by atoms with Crippen molar-refractivity contribution in [1.29, 1.82) is 0 Å². The standard InChI is InChI=1S/C17H21N3O2/c21-16(19-10-9-18-17(19)22)11-20(13-6-7-13)15-8-5-12-3-1-2-4-14(12)15/h1-4,13,15H,5-11H2,(H,18,22). The van der Waals surface area contributed by atoms with Crippen LogP contribution in [-0.2, 0) is 11.2 Å². The molecule has 2 fully saturated rings. The molecule has 1 saturated heterocycles. The minimum absolute atomic E-state index is 0.0636. The lowest BCUT2D eigenvalue weighted by Crippen LogP contribution is -2.43. The molecule has 4 rings (SSSR count). The second kappa shape index (κ2) is 5.39. The summed E-state index contributed by atoms with van der Waals surface area (Å²) >= 11 is 0. The molecule has 1 unspecified atom stereocenters. The number of carbonyl (C=O) groups is 2. The minimum Gasteiger partial charge on any atom is -0.336 e. The molecule has 1 saturated carbocycles.